The highest BCUT2D eigenvalue weighted by atomic mass is 32.2. The maximum atomic E-state index is 13.5. The van der Waals surface area contributed by atoms with E-state index in [4.69, 9.17) is 4.74 Å². The largest absolute Gasteiger partial charge is 0.381 e. The Kier molecular flexibility index (Phi) is 3.83. The number of hydrogen-bond acceptors (Lipinski definition) is 4. The molecule has 2 aliphatic heterocycles. The molecule has 6 rings (SSSR count). The summed E-state index contributed by atoms with van der Waals surface area (Å²) in [5.41, 5.74) is -0.159. The van der Waals surface area contributed by atoms with Gasteiger partial charge in [0, 0.05) is 25.6 Å². The van der Waals surface area contributed by atoms with Crippen LogP contribution in [0.25, 0.3) is 0 Å². The molecule has 26 heavy (non-hydrogen) atoms. The van der Waals surface area contributed by atoms with Gasteiger partial charge in [0.1, 0.15) is 4.75 Å². The first-order valence-electron chi connectivity index (χ1n) is 10.5. The van der Waals surface area contributed by atoms with Gasteiger partial charge < -0.3 is 9.64 Å². The van der Waals surface area contributed by atoms with Gasteiger partial charge in [-0.15, -0.1) is 0 Å². The minimum Gasteiger partial charge on any atom is -0.381 e. The fraction of sp³-hybridized carbons (Fsp3) is 0.950. The summed E-state index contributed by atoms with van der Waals surface area (Å²) in [6.07, 6.45) is 7.80. The molecular formula is C20H31NO4S. The molecule has 1 spiro atoms. The molecular weight excluding hydrogens is 350 g/mol. The van der Waals surface area contributed by atoms with Crippen molar-refractivity contribution in [2.75, 3.05) is 32.1 Å². The van der Waals surface area contributed by atoms with E-state index in [2.05, 4.69) is 0 Å². The highest BCUT2D eigenvalue weighted by molar-refractivity contribution is 7.93. The Morgan fingerprint density at radius 1 is 1.08 bits per heavy atom. The summed E-state index contributed by atoms with van der Waals surface area (Å²) in [5.74, 6) is 2.79. The maximum absolute atomic E-state index is 13.5. The van der Waals surface area contributed by atoms with Gasteiger partial charge in [-0.3, -0.25) is 4.79 Å². The average molecular weight is 382 g/mol. The molecule has 4 bridgehead atoms. The molecule has 2 heterocycles. The second kappa shape index (κ2) is 5.69. The van der Waals surface area contributed by atoms with Gasteiger partial charge in [0.15, 0.2) is 9.84 Å². The van der Waals surface area contributed by atoms with Crippen LogP contribution in [0.4, 0.5) is 0 Å². The summed E-state index contributed by atoms with van der Waals surface area (Å²) in [5, 5.41) is 0. The zero-order chi connectivity index (χ0) is 18.2. The van der Waals surface area contributed by atoms with Gasteiger partial charge in [0.2, 0.25) is 5.91 Å². The van der Waals surface area contributed by atoms with E-state index in [1.165, 1.54) is 19.3 Å². The molecule has 2 saturated heterocycles. The van der Waals surface area contributed by atoms with Gasteiger partial charge in [-0.1, -0.05) is 0 Å². The summed E-state index contributed by atoms with van der Waals surface area (Å²) in [6.45, 7) is 3.89. The lowest BCUT2D eigenvalue weighted by molar-refractivity contribution is -0.164. The molecule has 0 unspecified atom stereocenters. The van der Waals surface area contributed by atoms with Crippen LogP contribution in [0.5, 0.6) is 0 Å². The predicted molar refractivity (Wildman–Crippen MR) is 98.3 cm³/mol. The highest BCUT2D eigenvalue weighted by Crippen LogP contribution is 2.61. The van der Waals surface area contributed by atoms with Gasteiger partial charge in [-0.05, 0) is 69.6 Å². The number of sulfone groups is 1. The Labute approximate surface area is 156 Å². The molecule has 5 nitrogen and oxygen atoms in total. The smallest absolute Gasteiger partial charge is 0.228 e. The monoisotopic (exact) mass is 381 g/mol. The van der Waals surface area contributed by atoms with E-state index >= 15 is 0 Å². The van der Waals surface area contributed by atoms with E-state index in [1.807, 2.05) is 11.8 Å². The molecule has 1 atom stereocenters. The second-order valence-electron chi connectivity index (χ2n) is 9.89. The van der Waals surface area contributed by atoms with E-state index in [9.17, 15) is 13.2 Å². The van der Waals surface area contributed by atoms with Gasteiger partial charge in [-0.2, -0.15) is 0 Å². The molecule has 146 valence electrons. The second-order valence-corrected chi connectivity index (χ2v) is 12.3. The minimum absolute atomic E-state index is 0.0489. The lowest BCUT2D eigenvalue weighted by Gasteiger charge is -2.59. The number of likely N-dealkylation sites (tertiary alicyclic amines) is 1. The summed E-state index contributed by atoms with van der Waals surface area (Å²) in [6, 6.07) is 0. The van der Waals surface area contributed by atoms with Crippen molar-refractivity contribution >= 4 is 15.7 Å². The third kappa shape index (κ3) is 2.30. The van der Waals surface area contributed by atoms with Gasteiger partial charge >= 0.3 is 0 Å². The fourth-order valence-corrected chi connectivity index (χ4v) is 9.82. The van der Waals surface area contributed by atoms with Crippen molar-refractivity contribution in [2.45, 2.75) is 56.6 Å². The Morgan fingerprint density at radius 2 is 1.65 bits per heavy atom. The van der Waals surface area contributed by atoms with Crippen molar-refractivity contribution in [3.05, 3.63) is 0 Å². The van der Waals surface area contributed by atoms with E-state index < -0.39 is 14.6 Å². The average Bonchev–Trinajstić information content (AvgIpc) is 2.80. The first-order valence-corrected chi connectivity index (χ1v) is 12.1. The predicted octanol–water partition coefficient (Wildman–Crippen LogP) is 2.25. The number of ether oxygens (including phenoxy) is 1. The minimum atomic E-state index is -3.13. The molecule has 0 radical (unpaired) electrons. The third-order valence-electron chi connectivity index (χ3n) is 8.32. The van der Waals surface area contributed by atoms with Crippen LogP contribution in [0.3, 0.4) is 0 Å². The quantitative estimate of drug-likeness (QED) is 0.749. The van der Waals surface area contributed by atoms with Crippen molar-refractivity contribution in [3.63, 3.8) is 0 Å². The molecule has 1 amide bonds. The molecule has 6 fully saturated rings. The topological polar surface area (TPSA) is 63.7 Å². The summed E-state index contributed by atoms with van der Waals surface area (Å²) in [7, 11) is -3.13. The number of nitrogens with zero attached hydrogens (tertiary/aromatic N) is 1. The molecule has 0 aromatic heterocycles. The standard InChI is InChI=1S/C20H31NO4S/c1-2-25-11-17-3-4-26(23,24)20(17)12-21(13-20)18(22)19-8-14-5-15(9-19)7-16(6-14)10-19/h14-17H,2-13H2,1H3/t14?,15?,16?,17-,19?/m1/s1. The number of amides is 1. The first kappa shape index (κ1) is 17.5. The number of carbonyl (C=O) groups is 1. The molecule has 0 N–H and O–H groups in total. The van der Waals surface area contributed by atoms with E-state index in [-0.39, 0.29) is 23.0 Å². The van der Waals surface area contributed by atoms with Crippen molar-refractivity contribution in [2.24, 2.45) is 29.1 Å². The zero-order valence-corrected chi connectivity index (χ0v) is 16.6. The van der Waals surface area contributed by atoms with E-state index in [0.29, 0.717) is 32.7 Å². The lowest BCUT2D eigenvalue weighted by atomic mass is 9.49. The van der Waals surface area contributed by atoms with Gasteiger partial charge in [0.05, 0.1) is 17.8 Å². The molecule has 4 aliphatic carbocycles. The Hall–Kier alpha value is -0.620. The first-order chi connectivity index (χ1) is 12.4. The van der Waals surface area contributed by atoms with Crippen molar-refractivity contribution in [3.8, 4) is 0 Å². The van der Waals surface area contributed by atoms with Crippen LogP contribution in [-0.2, 0) is 19.4 Å². The van der Waals surface area contributed by atoms with Crippen LogP contribution >= 0.6 is 0 Å². The van der Waals surface area contributed by atoms with Gasteiger partial charge in [-0.25, -0.2) is 8.42 Å². The van der Waals surface area contributed by atoms with E-state index in [1.54, 1.807) is 0 Å². The number of hydrogen-bond donors (Lipinski definition) is 0. The molecule has 6 aliphatic rings. The van der Waals surface area contributed by atoms with E-state index in [0.717, 1.165) is 37.0 Å². The van der Waals surface area contributed by atoms with Crippen LogP contribution in [0, 0.1) is 29.1 Å². The zero-order valence-electron chi connectivity index (χ0n) is 15.8. The summed E-state index contributed by atoms with van der Waals surface area (Å²) < 4.78 is 30.4. The third-order valence-corrected chi connectivity index (χ3v) is 10.9. The number of carbonyl (C=O) groups excluding carboxylic acids is 1. The lowest BCUT2D eigenvalue weighted by Crippen LogP contribution is -2.71. The molecule has 0 aromatic carbocycles. The van der Waals surface area contributed by atoms with Crippen LogP contribution in [0.15, 0.2) is 0 Å². The van der Waals surface area contributed by atoms with Crippen LogP contribution < -0.4 is 0 Å². The Morgan fingerprint density at radius 3 is 2.19 bits per heavy atom. The summed E-state index contributed by atoms with van der Waals surface area (Å²) >= 11 is 0. The van der Waals surface area contributed by atoms with Crippen LogP contribution in [0.1, 0.15) is 51.9 Å². The van der Waals surface area contributed by atoms with Crippen molar-refractivity contribution in [1.29, 1.82) is 0 Å². The Balaban J connectivity index is 1.33. The maximum Gasteiger partial charge on any atom is 0.228 e. The SMILES string of the molecule is CCOC[C@H]1CCS(=O)(=O)C12CN(C(=O)C13CC4CC(CC(C4)C1)C3)C2. The fourth-order valence-electron chi connectivity index (χ4n) is 7.42. The highest BCUT2D eigenvalue weighted by Gasteiger charge is 2.65. The number of rotatable bonds is 4. The van der Waals surface area contributed by atoms with Crippen LogP contribution in [-0.4, -0.2) is 56.0 Å². The van der Waals surface area contributed by atoms with Crippen molar-refractivity contribution < 1.29 is 17.9 Å². The Bertz CT molecular complexity index is 674. The summed E-state index contributed by atoms with van der Waals surface area (Å²) in [4.78, 5) is 15.3. The normalized spacial score (nSPS) is 44.4. The van der Waals surface area contributed by atoms with Crippen LogP contribution in [0.2, 0.25) is 0 Å². The van der Waals surface area contributed by atoms with Gasteiger partial charge in [0.25, 0.3) is 0 Å². The molecule has 0 aromatic rings. The molecule has 6 heteroatoms. The molecule has 4 saturated carbocycles. The van der Waals surface area contributed by atoms with Crippen molar-refractivity contribution in [1.82, 2.24) is 4.90 Å².